The van der Waals surface area contributed by atoms with E-state index in [0.29, 0.717) is 13.1 Å². The molecule has 0 radical (unpaired) electrons. The van der Waals surface area contributed by atoms with Gasteiger partial charge in [0.2, 0.25) is 5.91 Å². The van der Waals surface area contributed by atoms with Crippen molar-refractivity contribution in [3.63, 3.8) is 0 Å². The second kappa shape index (κ2) is 7.05. The van der Waals surface area contributed by atoms with Gasteiger partial charge in [-0.3, -0.25) is 14.5 Å². The maximum atomic E-state index is 13.0. The molecule has 0 aromatic heterocycles. The van der Waals surface area contributed by atoms with E-state index in [4.69, 9.17) is 11.6 Å². The minimum absolute atomic E-state index is 0.0200. The number of fused-ring (bicyclic) bond motifs is 2. The van der Waals surface area contributed by atoms with Gasteiger partial charge in [-0.25, -0.2) is 0 Å². The summed E-state index contributed by atoms with van der Waals surface area (Å²) in [5.41, 5.74) is 1.10. The number of amides is 1. The summed E-state index contributed by atoms with van der Waals surface area (Å²) in [5.74, 6) is -1.65. The summed E-state index contributed by atoms with van der Waals surface area (Å²) >= 11 is 6.24. The topological polar surface area (TPSA) is 60.9 Å². The predicted molar refractivity (Wildman–Crippen MR) is 98.7 cm³/mol. The largest absolute Gasteiger partial charge is 0.481 e. The van der Waals surface area contributed by atoms with E-state index < -0.39 is 17.8 Å². The van der Waals surface area contributed by atoms with E-state index in [-0.39, 0.29) is 17.7 Å². The fourth-order valence-corrected chi connectivity index (χ4v) is 4.90. The van der Waals surface area contributed by atoms with Crippen molar-refractivity contribution in [1.82, 2.24) is 9.80 Å². The van der Waals surface area contributed by atoms with E-state index in [1.54, 1.807) is 0 Å². The SMILES string of the molecule is O=C(O)[C@@H]1[C@@H](C(=O)N2CCN(Cc3ccccc3Cl)CC2)[C@H]2C=C[C@@H]1C2. The Bertz CT molecular complexity index is 742. The van der Waals surface area contributed by atoms with Crippen molar-refractivity contribution in [3.8, 4) is 0 Å². The number of carbonyl (C=O) groups excluding carboxylic acids is 1. The van der Waals surface area contributed by atoms with Crippen molar-refractivity contribution in [2.45, 2.75) is 13.0 Å². The molecule has 1 amide bonds. The number of allylic oxidation sites excluding steroid dienone is 2. The number of aliphatic carboxylic acids is 1. The molecule has 26 heavy (non-hydrogen) atoms. The van der Waals surface area contributed by atoms with E-state index in [1.807, 2.05) is 41.3 Å². The standard InChI is InChI=1S/C20H23ClN2O3/c21-16-4-2-1-3-15(16)12-22-7-9-23(10-8-22)19(24)17-13-5-6-14(11-13)18(17)20(25)26/h1-6,13-14,17-18H,7-12H2,(H,25,26)/t13-,14+,17-,18-/m0/s1. The fraction of sp³-hybridized carbons (Fsp3) is 0.500. The van der Waals surface area contributed by atoms with Crippen LogP contribution in [0.15, 0.2) is 36.4 Å². The number of nitrogens with zero attached hydrogens (tertiary/aromatic N) is 2. The lowest BCUT2D eigenvalue weighted by Crippen LogP contribution is -2.52. The third-order valence-electron chi connectivity index (χ3n) is 6.07. The van der Waals surface area contributed by atoms with Crippen LogP contribution in [0, 0.1) is 23.7 Å². The van der Waals surface area contributed by atoms with E-state index in [1.165, 1.54) is 0 Å². The van der Waals surface area contributed by atoms with Crippen LogP contribution in [0.25, 0.3) is 0 Å². The van der Waals surface area contributed by atoms with Crippen LogP contribution in [0.3, 0.4) is 0 Å². The molecule has 0 unspecified atom stereocenters. The van der Waals surface area contributed by atoms with Crippen molar-refractivity contribution in [2.75, 3.05) is 26.2 Å². The number of piperazine rings is 1. The lowest BCUT2D eigenvalue weighted by atomic mass is 9.82. The minimum Gasteiger partial charge on any atom is -0.481 e. The zero-order chi connectivity index (χ0) is 18.3. The van der Waals surface area contributed by atoms with E-state index in [0.717, 1.165) is 36.6 Å². The molecule has 3 aliphatic rings. The Kier molecular flexibility index (Phi) is 4.76. The van der Waals surface area contributed by atoms with Crippen molar-refractivity contribution in [3.05, 3.63) is 47.0 Å². The van der Waals surface area contributed by atoms with Gasteiger partial charge in [-0.1, -0.05) is 42.0 Å². The number of hydrogen-bond donors (Lipinski definition) is 1. The number of rotatable bonds is 4. The first kappa shape index (κ1) is 17.6. The molecule has 2 aliphatic carbocycles. The molecule has 1 heterocycles. The van der Waals surface area contributed by atoms with Gasteiger partial charge in [0.1, 0.15) is 0 Å². The van der Waals surface area contributed by atoms with Crippen LogP contribution in [0.2, 0.25) is 5.02 Å². The molecular formula is C20H23ClN2O3. The molecular weight excluding hydrogens is 352 g/mol. The normalized spacial score (nSPS) is 30.7. The first-order valence-electron chi connectivity index (χ1n) is 9.20. The molecule has 1 saturated heterocycles. The lowest BCUT2D eigenvalue weighted by Gasteiger charge is -2.37. The van der Waals surface area contributed by atoms with Gasteiger partial charge in [-0.2, -0.15) is 0 Å². The number of hydrogen-bond acceptors (Lipinski definition) is 3. The van der Waals surface area contributed by atoms with Crippen molar-refractivity contribution < 1.29 is 14.7 Å². The first-order chi connectivity index (χ1) is 12.5. The van der Waals surface area contributed by atoms with Crippen molar-refractivity contribution in [1.29, 1.82) is 0 Å². The molecule has 2 bridgehead atoms. The van der Waals surface area contributed by atoms with Crippen LogP contribution >= 0.6 is 11.6 Å². The molecule has 1 N–H and O–H groups in total. The number of carboxylic acid groups (broad SMARTS) is 1. The summed E-state index contributed by atoms with van der Waals surface area (Å²) in [4.78, 5) is 28.8. The van der Waals surface area contributed by atoms with Crippen molar-refractivity contribution in [2.24, 2.45) is 23.7 Å². The summed E-state index contributed by atoms with van der Waals surface area (Å²) in [5, 5.41) is 10.3. The van der Waals surface area contributed by atoms with Gasteiger partial charge in [0, 0.05) is 37.7 Å². The number of carbonyl (C=O) groups is 2. The number of halogens is 1. The first-order valence-corrected chi connectivity index (χ1v) is 9.58. The lowest BCUT2D eigenvalue weighted by molar-refractivity contribution is -0.151. The third-order valence-corrected chi connectivity index (χ3v) is 6.43. The Hall–Kier alpha value is -1.85. The molecule has 0 spiro atoms. The molecule has 1 aromatic carbocycles. The Labute approximate surface area is 158 Å². The Morgan fingerprint density at radius 2 is 1.69 bits per heavy atom. The fourth-order valence-electron chi connectivity index (χ4n) is 4.70. The summed E-state index contributed by atoms with van der Waals surface area (Å²) in [6, 6.07) is 7.82. The molecule has 4 rings (SSSR count). The summed E-state index contributed by atoms with van der Waals surface area (Å²) in [7, 11) is 0. The van der Waals surface area contributed by atoms with Gasteiger partial charge in [0.05, 0.1) is 11.8 Å². The second-order valence-corrected chi connectivity index (χ2v) is 7.94. The molecule has 138 valence electrons. The summed E-state index contributed by atoms with van der Waals surface area (Å²) < 4.78 is 0. The Balaban J connectivity index is 1.37. The highest BCUT2D eigenvalue weighted by Crippen LogP contribution is 2.48. The number of carboxylic acids is 1. The zero-order valence-electron chi connectivity index (χ0n) is 14.6. The minimum atomic E-state index is -0.836. The van der Waals surface area contributed by atoms with Gasteiger partial charge < -0.3 is 10.0 Å². The van der Waals surface area contributed by atoms with Gasteiger partial charge in [-0.15, -0.1) is 0 Å². The molecule has 6 heteroatoms. The predicted octanol–water partition coefficient (Wildman–Crippen LogP) is 2.51. The molecule has 5 nitrogen and oxygen atoms in total. The van der Waals surface area contributed by atoms with Crippen LogP contribution in [-0.4, -0.2) is 53.0 Å². The van der Waals surface area contributed by atoms with E-state index in [2.05, 4.69) is 4.90 Å². The van der Waals surface area contributed by atoms with Crippen molar-refractivity contribution >= 4 is 23.5 Å². The van der Waals surface area contributed by atoms with E-state index >= 15 is 0 Å². The second-order valence-electron chi connectivity index (χ2n) is 7.53. The molecule has 2 fully saturated rings. The highest BCUT2D eigenvalue weighted by Gasteiger charge is 2.52. The van der Waals surface area contributed by atoms with E-state index in [9.17, 15) is 14.7 Å². The van der Waals surface area contributed by atoms with Crippen LogP contribution in [0.4, 0.5) is 0 Å². The van der Waals surface area contributed by atoms with Gasteiger partial charge in [0.15, 0.2) is 0 Å². The van der Waals surface area contributed by atoms with Gasteiger partial charge in [0.25, 0.3) is 0 Å². The summed E-state index contributed by atoms with van der Waals surface area (Å²) in [6.45, 7) is 3.63. The Morgan fingerprint density at radius 1 is 1.04 bits per heavy atom. The van der Waals surface area contributed by atoms with Crippen LogP contribution in [0.1, 0.15) is 12.0 Å². The average molecular weight is 375 g/mol. The maximum Gasteiger partial charge on any atom is 0.307 e. The molecule has 1 aromatic rings. The number of benzene rings is 1. The zero-order valence-corrected chi connectivity index (χ0v) is 15.3. The van der Waals surface area contributed by atoms with Gasteiger partial charge >= 0.3 is 5.97 Å². The van der Waals surface area contributed by atoms with Gasteiger partial charge in [-0.05, 0) is 29.9 Å². The molecule has 1 saturated carbocycles. The monoisotopic (exact) mass is 374 g/mol. The molecule has 4 atom stereocenters. The third kappa shape index (κ3) is 3.14. The Morgan fingerprint density at radius 3 is 2.35 bits per heavy atom. The highest BCUT2D eigenvalue weighted by molar-refractivity contribution is 6.31. The highest BCUT2D eigenvalue weighted by atomic mass is 35.5. The smallest absolute Gasteiger partial charge is 0.307 e. The maximum absolute atomic E-state index is 13.0. The molecule has 1 aliphatic heterocycles. The quantitative estimate of drug-likeness (QED) is 0.822. The van der Waals surface area contributed by atoms with Crippen LogP contribution in [-0.2, 0) is 16.1 Å². The summed E-state index contributed by atoms with van der Waals surface area (Å²) in [6.07, 6.45) is 4.83. The van der Waals surface area contributed by atoms with Crippen LogP contribution in [0.5, 0.6) is 0 Å². The van der Waals surface area contributed by atoms with Crippen LogP contribution < -0.4 is 0 Å². The average Bonchev–Trinajstić information content (AvgIpc) is 3.25.